The van der Waals surface area contributed by atoms with Crippen molar-refractivity contribution in [2.45, 2.75) is 18.9 Å². The van der Waals surface area contributed by atoms with Crippen LogP contribution < -0.4 is 14.9 Å². The molecule has 0 atom stereocenters. The minimum atomic E-state index is -3.55. The van der Waals surface area contributed by atoms with Crippen molar-refractivity contribution < 1.29 is 13.2 Å². The zero-order valence-electron chi connectivity index (χ0n) is 12.2. The number of carbonyl (C=O) groups is 1. The second-order valence-corrected chi connectivity index (χ2v) is 7.05. The summed E-state index contributed by atoms with van der Waals surface area (Å²) >= 11 is 0. The Balaban J connectivity index is 2.04. The van der Waals surface area contributed by atoms with Crippen molar-refractivity contribution in [1.29, 1.82) is 5.26 Å². The first-order chi connectivity index (χ1) is 10.4. The molecule has 0 unspecified atom stereocenters. The molecule has 1 aromatic rings. The van der Waals surface area contributed by atoms with Crippen LogP contribution in [0.2, 0.25) is 0 Å². The molecule has 1 saturated carbocycles. The molecule has 2 rings (SSSR count). The fraction of sp³-hybridized carbons (Fsp3) is 0.429. The highest BCUT2D eigenvalue weighted by molar-refractivity contribution is 7.92. The molecular weight excluding hydrogens is 304 g/mol. The van der Waals surface area contributed by atoms with Gasteiger partial charge in [-0.3, -0.25) is 4.31 Å². The van der Waals surface area contributed by atoms with Crippen LogP contribution in [0, 0.1) is 11.3 Å². The Bertz CT molecular complexity index is 692. The number of para-hydroxylation sites is 1. The van der Waals surface area contributed by atoms with Crippen LogP contribution in [0.1, 0.15) is 18.4 Å². The lowest BCUT2D eigenvalue weighted by Crippen LogP contribution is -2.42. The van der Waals surface area contributed by atoms with E-state index in [4.69, 9.17) is 5.26 Å². The number of carbonyl (C=O) groups excluding carboxylic acids is 1. The molecule has 0 saturated heterocycles. The lowest BCUT2D eigenvalue weighted by atomic mass is 10.2. The summed E-state index contributed by atoms with van der Waals surface area (Å²) in [6, 6.07) is 8.38. The fourth-order valence-electron chi connectivity index (χ4n) is 1.99. The molecular formula is C14H18N4O3S. The van der Waals surface area contributed by atoms with Crippen molar-refractivity contribution in [3.05, 3.63) is 29.8 Å². The van der Waals surface area contributed by atoms with Gasteiger partial charge >= 0.3 is 6.03 Å². The fourth-order valence-corrected chi connectivity index (χ4v) is 2.93. The zero-order chi connectivity index (χ0) is 16.2. The van der Waals surface area contributed by atoms with E-state index in [9.17, 15) is 13.2 Å². The topological polar surface area (TPSA) is 102 Å². The quantitative estimate of drug-likeness (QED) is 0.808. The van der Waals surface area contributed by atoms with Crippen LogP contribution in [0.5, 0.6) is 0 Å². The minimum Gasteiger partial charge on any atom is -0.336 e. The maximum absolute atomic E-state index is 12.0. The Hall–Kier alpha value is -2.27. The third kappa shape index (κ3) is 4.36. The van der Waals surface area contributed by atoms with Gasteiger partial charge in [-0.25, -0.2) is 13.2 Å². The van der Waals surface area contributed by atoms with E-state index in [-0.39, 0.29) is 30.7 Å². The van der Waals surface area contributed by atoms with E-state index in [0.29, 0.717) is 5.69 Å². The zero-order valence-corrected chi connectivity index (χ0v) is 13.1. The van der Waals surface area contributed by atoms with E-state index in [2.05, 4.69) is 10.6 Å². The van der Waals surface area contributed by atoms with Gasteiger partial charge in [-0.15, -0.1) is 0 Å². The van der Waals surface area contributed by atoms with Crippen LogP contribution in [0.3, 0.4) is 0 Å². The summed E-state index contributed by atoms with van der Waals surface area (Å²) in [5, 5.41) is 14.5. The van der Waals surface area contributed by atoms with Gasteiger partial charge in [-0.2, -0.15) is 5.26 Å². The SMILES string of the molecule is CS(=O)(=O)N(CCNC(=O)NC1CC1)c1ccccc1C#N. The molecule has 1 aliphatic rings. The molecule has 0 spiro atoms. The van der Waals surface area contributed by atoms with Gasteiger partial charge in [0, 0.05) is 12.6 Å². The molecule has 0 aromatic heterocycles. The van der Waals surface area contributed by atoms with Crippen LogP contribution in [0.25, 0.3) is 0 Å². The van der Waals surface area contributed by atoms with Crippen molar-refractivity contribution in [3.63, 3.8) is 0 Å². The molecule has 1 aliphatic carbocycles. The summed E-state index contributed by atoms with van der Waals surface area (Å²) in [6.45, 7) is 0.223. The maximum atomic E-state index is 12.0. The van der Waals surface area contributed by atoms with Crippen LogP contribution in [-0.4, -0.2) is 39.8 Å². The van der Waals surface area contributed by atoms with Gasteiger partial charge < -0.3 is 10.6 Å². The number of nitrogens with zero attached hydrogens (tertiary/aromatic N) is 2. The minimum absolute atomic E-state index is 0.0651. The number of hydrogen-bond acceptors (Lipinski definition) is 4. The summed E-state index contributed by atoms with van der Waals surface area (Å²) in [4.78, 5) is 11.5. The average Bonchev–Trinajstić information content (AvgIpc) is 3.26. The predicted octanol–water partition coefficient (Wildman–Crippen LogP) is 0.786. The normalized spacial score (nSPS) is 14.0. The standard InChI is InChI=1S/C14H18N4O3S/c1-22(20,21)18(13-5-3-2-4-11(13)10-15)9-8-16-14(19)17-12-6-7-12/h2-5,12H,6-9H2,1H3,(H2,16,17,19). The summed E-state index contributed by atoms with van der Waals surface area (Å²) in [5.41, 5.74) is 0.590. The van der Waals surface area contributed by atoms with E-state index in [1.54, 1.807) is 24.3 Å². The van der Waals surface area contributed by atoms with E-state index >= 15 is 0 Å². The van der Waals surface area contributed by atoms with E-state index in [1.165, 1.54) is 0 Å². The van der Waals surface area contributed by atoms with Crippen LogP contribution in [0.15, 0.2) is 24.3 Å². The highest BCUT2D eigenvalue weighted by Crippen LogP contribution is 2.21. The first-order valence-corrected chi connectivity index (χ1v) is 8.78. The molecule has 8 heteroatoms. The van der Waals surface area contributed by atoms with Gasteiger partial charge in [0.15, 0.2) is 0 Å². The Labute approximate surface area is 130 Å². The number of amides is 2. The number of nitrogens with one attached hydrogen (secondary N) is 2. The molecule has 1 aromatic carbocycles. The third-order valence-corrected chi connectivity index (χ3v) is 4.39. The van der Waals surface area contributed by atoms with Crippen LogP contribution in [0.4, 0.5) is 10.5 Å². The number of hydrogen-bond donors (Lipinski definition) is 2. The third-order valence-electron chi connectivity index (χ3n) is 3.21. The smallest absolute Gasteiger partial charge is 0.315 e. The second kappa shape index (κ2) is 6.66. The Morgan fingerprint density at radius 2 is 2.09 bits per heavy atom. The van der Waals surface area contributed by atoms with E-state index < -0.39 is 10.0 Å². The highest BCUT2D eigenvalue weighted by atomic mass is 32.2. The molecule has 0 heterocycles. The van der Waals surface area contributed by atoms with Gasteiger partial charge in [0.1, 0.15) is 6.07 Å². The lowest BCUT2D eigenvalue weighted by molar-refractivity contribution is 0.241. The predicted molar refractivity (Wildman–Crippen MR) is 82.9 cm³/mol. The molecule has 7 nitrogen and oxygen atoms in total. The molecule has 2 N–H and O–H groups in total. The lowest BCUT2D eigenvalue weighted by Gasteiger charge is -2.23. The first kappa shape index (κ1) is 16.1. The molecule has 118 valence electrons. The van der Waals surface area contributed by atoms with Gasteiger partial charge in [-0.1, -0.05) is 12.1 Å². The van der Waals surface area contributed by atoms with Crippen molar-refractivity contribution in [3.8, 4) is 6.07 Å². The molecule has 0 radical (unpaired) electrons. The monoisotopic (exact) mass is 322 g/mol. The van der Waals surface area contributed by atoms with E-state index in [1.807, 2.05) is 6.07 Å². The van der Waals surface area contributed by atoms with Gasteiger partial charge in [0.05, 0.1) is 24.1 Å². The second-order valence-electron chi connectivity index (χ2n) is 5.14. The van der Waals surface area contributed by atoms with Crippen molar-refractivity contribution >= 4 is 21.7 Å². The number of benzene rings is 1. The van der Waals surface area contributed by atoms with E-state index in [0.717, 1.165) is 23.4 Å². The Morgan fingerprint density at radius 3 is 2.68 bits per heavy atom. The maximum Gasteiger partial charge on any atom is 0.315 e. The summed E-state index contributed by atoms with van der Waals surface area (Å²) in [5.74, 6) is 0. The Morgan fingerprint density at radius 1 is 1.41 bits per heavy atom. The molecule has 2 amide bonds. The van der Waals surface area contributed by atoms with Crippen LogP contribution >= 0.6 is 0 Å². The molecule has 0 bridgehead atoms. The van der Waals surface area contributed by atoms with Crippen molar-refractivity contribution in [1.82, 2.24) is 10.6 Å². The number of sulfonamides is 1. The van der Waals surface area contributed by atoms with Crippen LogP contribution in [-0.2, 0) is 10.0 Å². The molecule has 1 fully saturated rings. The van der Waals surface area contributed by atoms with Crippen molar-refractivity contribution in [2.24, 2.45) is 0 Å². The largest absolute Gasteiger partial charge is 0.336 e. The molecule has 22 heavy (non-hydrogen) atoms. The van der Waals surface area contributed by atoms with Crippen molar-refractivity contribution in [2.75, 3.05) is 23.7 Å². The summed E-state index contributed by atoms with van der Waals surface area (Å²) in [7, 11) is -3.55. The number of anilines is 1. The summed E-state index contributed by atoms with van der Waals surface area (Å²) < 4.78 is 25.0. The number of nitriles is 1. The highest BCUT2D eigenvalue weighted by Gasteiger charge is 2.24. The van der Waals surface area contributed by atoms with Gasteiger partial charge in [-0.05, 0) is 25.0 Å². The number of rotatable bonds is 6. The molecule has 0 aliphatic heterocycles. The average molecular weight is 322 g/mol. The van der Waals surface area contributed by atoms with Gasteiger partial charge in [0.25, 0.3) is 0 Å². The van der Waals surface area contributed by atoms with Gasteiger partial charge in [0.2, 0.25) is 10.0 Å². The Kier molecular flexibility index (Phi) is 4.88. The first-order valence-electron chi connectivity index (χ1n) is 6.93. The summed E-state index contributed by atoms with van der Waals surface area (Å²) in [6.07, 6.45) is 3.04. The number of urea groups is 1.